The molecule has 2 heterocycles. The van der Waals surface area contributed by atoms with Crippen molar-refractivity contribution in [2.24, 2.45) is 5.92 Å². The zero-order valence-corrected chi connectivity index (χ0v) is 13.9. The zero-order valence-electron chi connectivity index (χ0n) is 9.86. The predicted molar refractivity (Wildman–Crippen MR) is 80.3 cm³/mol. The number of hydrogen-bond donors (Lipinski definition) is 1. The first-order chi connectivity index (χ1) is 8.60. The second-order valence-corrected chi connectivity index (χ2v) is 8.31. The van der Waals surface area contributed by atoms with Crippen molar-refractivity contribution in [1.82, 2.24) is 4.90 Å². The molecule has 18 heavy (non-hydrogen) atoms. The maximum Gasteiger partial charge on any atom is 0.178 e. The van der Waals surface area contributed by atoms with Crippen LogP contribution >= 0.6 is 43.2 Å². The van der Waals surface area contributed by atoms with E-state index in [9.17, 15) is 4.79 Å². The molecule has 1 fully saturated rings. The quantitative estimate of drug-likeness (QED) is 0.777. The minimum Gasteiger partial charge on any atom is -0.396 e. The highest BCUT2D eigenvalue weighted by molar-refractivity contribution is 9.12. The summed E-state index contributed by atoms with van der Waals surface area (Å²) in [5, 5.41) is 8.92. The highest BCUT2D eigenvalue weighted by Gasteiger charge is 2.25. The topological polar surface area (TPSA) is 40.5 Å². The van der Waals surface area contributed by atoms with E-state index in [4.69, 9.17) is 5.11 Å². The van der Waals surface area contributed by atoms with Gasteiger partial charge in [-0.25, -0.2) is 0 Å². The van der Waals surface area contributed by atoms with Gasteiger partial charge in [-0.3, -0.25) is 9.69 Å². The van der Waals surface area contributed by atoms with Crippen LogP contribution in [0.15, 0.2) is 13.6 Å². The molecule has 0 aromatic carbocycles. The number of aliphatic hydroxyl groups excluding tert-OH is 1. The molecule has 0 aliphatic carbocycles. The van der Waals surface area contributed by atoms with Crippen molar-refractivity contribution in [3.8, 4) is 0 Å². The summed E-state index contributed by atoms with van der Waals surface area (Å²) in [7, 11) is 0. The standard InChI is InChI=1S/C12H15Br2NO2S/c13-11-5-9(12(14)18-11)10(17)7-15-3-1-8(6-15)2-4-16/h5,8,16H,1-4,6-7H2. The van der Waals surface area contributed by atoms with E-state index >= 15 is 0 Å². The summed E-state index contributed by atoms with van der Waals surface area (Å²) in [6.07, 6.45) is 1.93. The van der Waals surface area contributed by atoms with Crippen molar-refractivity contribution in [2.75, 3.05) is 26.2 Å². The van der Waals surface area contributed by atoms with Crippen molar-refractivity contribution in [3.63, 3.8) is 0 Å². The maximum atomic E-state index is 12.2. The molecule has 1 N–H and O–H groups in total. The molecule has 6 heteroatoms. The molecule has 0 amide bonds. The van der Waals surface area contributed by atoms with Crippen LogP contribution in [0, 0.1) is 5.92 Å². The molecular formula is C12H15Br2NO2S. The van der Waals surface area contributed by atoms with Crippen molar-refractivity contribution in [1.29, 1.82) is 0 Å². The van der Waals surface area contributed by atoms with Gasteiger partial charge in [0.15, 0.2) is 5.78 Å². The summed E-state index contributed by atoms with van der Waals surface area (Å²) in [5.41, 5.74) is 0.762. The fourth-order valence-electron chi connectivity index (χ4n) is 2.29. The maximum absolute atomic E-state index is 12.2. The lowest BCUT2D eigenvalue weighted by Crippen LogP contribution is -2.27. The van der Waals surface area contributed by atoms with Crippen LogP contribution in [-0.2, 0) is 0 Å². The largest absolute Gasteiger partial charge is 0.396 e. The lowest BCUT2D eigenvalue weighted by Gasteiger charge is -2.14. The predicted octanol–water partition coefficient (Wildman–Crippen LogP) is 3.16. The number of aliphatic hydroxyl groups is 1. The van der Waals surface area contributed by atoms with Crippen molar-refractivity contribution in [3.05, 3.63) is 19.2 Å². The zero-order chi connectivity index (χ0) is 13.1. The lowest BCUT2D eigenvalue weighted by molar-refractivity contribution is 0.0942. The number of thiophene rings is 1. The van der Waals surface area contributed by atoms with E-state index in [0.29, 0.717) is 12.5 Å². The second kappa shape index (κ2) is 6.61. The van der Waals surface area contributed by atoms with Gasteiger partial charge in [-0.05, 0) is 63.2 Å². The van der Waals surface area contributed by atoms with E-state index < -0.39 is 0 Å². The third kappa shape index (κ3) is 3.63. The molecule has 2 rings (SSSR count). The molecule has 1 saturated heterocycles. The monoisotopic (exact) mass is 395 g/mol. The summed E-state index contributed by atoms with van der Waals surface area (Å²) in [5.74, 6) is 0.703. The summed E-state index contributed by atoms with van der Waals surface area (Å²) in [6, 6.07) is 1.87. The van der Waals surface area contributed by atoms with Gasteiger partial charge in [-0.15, -0.1) is 11.3 Å². The van der Waals surface area contributed by atoms with Crippen LogP contribution in [0.1, 0.15) is 23.2 Å². The first-order valence-electron chi connectivity index (χ1n) is 5.91. The Morgan fingerprint density at radius 2 is 2.33 bits per heavy atom. The van der Waals surface area contributed by atoms with Crippen LogP contribution in [0.25, 0.3) is 0 Å². The molecule has 0 bridgehead atoms. The summed E-state index contributed by atoms with van der Waals surface area (Å²) in [6.45, 7) is 2.60. The molecular weight excluding hydrogens is 382 g/mol. The Hall–Kier alpha value is 0.250. The van der Waals surface area contributed by atoms with Gasteiger partial charge in [-0.1, -0.05) is 0 Å². The van der Waals surface area contributed by atoms with Crippen molar-refractivity contribution in [2.45, 2.75) is 12.8 Å². The van der Waals surface area contributed by atoms with Gasteiger partial charge in [0.05, 0.1) is 14.1 Å². The smallest absolute Gasteiger partial charge is 0.178 e. The highest BCUT2D eigenvalue weighted by Crippen LogP contribution is 2.32. The van der Waals surface area contributed by atoms with E-state index in [1.807, 2.05) is 6.07 Å². The average Bonchev–Trinajstić information content (AvgIpc) is 2.86. The fraction of sp³-hybridized carbons (Fsp3) is 0.583. The van der Waals surface area contributed by atoms with Gasteiger partial charge in [-0.2, -0.15) is 0 Å². The van der Waals surface area contributed by atoms with E-state index in [2.05, 4.69) is 36.8 Å². The SMILES string of the molecule is O=C(CN1CCC(CCO)C1)c1cc(Br)sc1Br. The summed E-state index contributed by atoms with van der Waals surface area (Å²) < 4.78 is 1.86. The minimum atomic E-state index is 0.161. The van der Waals surface area contributed by atoms with Gasteiger partial charge in [0, 0.05) is 18.7 Å². The van der Waals surface area contributed by atoms with Crippen molar-refractivity contribution < 1.29 is 9.90 Å². The Labute approximate surface area is 127 Å². The first kappa shape index (κ1) is 14.7. The van der Waals surface area contributed by atoms with Crippen LogP contribution in [0.4, 0.5) is 0 Å². The first-order valence-corrected chi connectivity index (χ1v) is 8.31. The van der Waals surface area contributed by atoms with E-state index in [1.165, 1.54) is 11.3 Å². The summed E-state index contributed by atoms with van der Waals surface area (Å²) in [4.78, 5) is 14.3. The lowest BCUT2D eigenvalue weighted by atomic mass is 10.1. The average molecular weight is 397 g/mol. The Bertz CT molecular complexity index is 436. The fourth-order valence-corrected chi connectivity index (χ4v) is 5.15. The number of hydrogen-bond acceptors (Lipinski definition) is 4. The minimum absolute atomic E-state index is 0.161. The second-order valence-electron chi connectivity index (χ2n) is 4.56. The molecule has 1 unspecified atom stereocenters. The third-order valence-electron chi connectivity index (χ3n) is 3.23. The van der Waals surface area contributed by atoms with Gasteiger partial charge >= 0.3 is 0 Å². The molecule has 0 saturated carbocycles. The number of rotatable bonds is 5. The molecule has 0 spiro atoms. The Kier molecular flexibility index (Phi) is 5.38. The highest BCUT2D eigenvalue weighted by atomic mass is 79.9. The van der Waals surface area contributed by atoms with E-state index in [1.54, 1.807) is 0 Å². The van der Waals surface area contributed by atoms with Crippen LogP contribution < -0.4 is 0 Å². The molecule has 3 nitrogen and oxygen atoms in total. The van der Waals surface area contributed by atoms with Gasteiger partial charge in [0.1, 0.15) is 0 Å². The molecule has 0 radical (unpaired) electrons. The van der Waals surface area contributed by atoms with Crippen LogP contribution in [0.2, 0.25) is 0 Å². The number of halogens is 2. The van der Waals surface area contributed by atoms with Crippen LogP contribution in [-0.4, -0.2) is 42.0 Å². The number of Topliss-reactive ketones (excluding diaryl/α,β-unsaturated/α-hetero) is 1. The molecule has 1 aliphatic rings. The third-order valence-corrected chi connectivity index (χ3v) is 5.57. The molecule has 1 atom stereocenters. The summed E-state index contributed by atoms with van der Waals surface area (Å²) >= 11 is 8.33. The van der Waals surface area contributed by atoms with Gasteiger partial charge in [0.25, 0.3) is 0 Å². The Morgan fingerprint density at radius 3 is 2.94 bits per heavy atom. The number of carbonyl (C=O) groups excluding carboxylic acids is 1. The van der Waals surface area contributed by atoms with Crippen LogP contribution in [0.5, 0.6) is 0 Å². The van der Waals surface area contributed by atoms with Gasteiger partial charge in [0.2, 0.25) is 0 Å². The molecule has 100 valence electrons. The van der Waals surface area contributed by atoms with Crippen LogP contribution in [0.3, 0.4) is 0 Å². The Balaban J connectivity index is 1.91. The molecule has 1 aromatic heterocycles. The van der Waals surface area contributed by atoms with E-state index in [-0.39, 0.29) is 12.4 Å². The van der Waals surface area contributed by atoms with Gasteiger partial charge < -0.3 is 5.11 Å². The number of nitrogens with zero attached hydrogens (tertiary/aromatic N) is 1. The Morgan fingerprint density at radius 1 is 1.56 bits per heavy atom. The normalized spacial score (nSPS) is 20.5. The number of carbonyl (C=O) groups is 1. The molecule has 1 aromatic rings. The number of likely N-dealkylation sites (tertiary alicyclic amines) is 1. The van der Waals surface area contributed by atoms with Crippen molar-refractivity contribution >= 4 is 49.0 Å². The van der Waals surface area contributed by atoms with E-state index in [0.717, 1.165) is 39.1 Å². The molecule has 1 aliphatic heterocycles. The number of ketones is 1.